The number of halogens is 1. The normalized spacial score (nSPS) is 10.0. The van der Waals surface area contributed by atoms with E-state index in [1.54, 1.807) is 13.0 Å². The summed E-state index contributed by atoms with van der Waals surface area (Å²) < 4.78 is 0.682. The summed E-state index contributed by atoms with van der Waals surface area (Å²) in [5.74, 6) is -0.883. The summed E-state index contributed by atoms with van der Waals surface area (Å²) in [6.45, 7) is 1.79. The quantitative estimate of drug-likeness (QED) is 0.915. The lowest BCUT2D eigenvalue weighted by molar-refractivity contribution is -0.118. The molecule has 0 amide bonds. The zero-order chi connectivity index (χ0) is 11.4. The number of benzene rings is 1. The van der Waals surface area contributed by atoms with Crippen LogP contribution in [-0.4, -0.2) is 16.9 Å². The van der Waals surface area contributed by atoms with Crippen LogP contribution in [-0.2, 0) is 11.2 Å². The van der Waals surface area contributed by atoms with Gasteiger partial charge in [-0.25, -0.2) is 4.79 Å². The second-order valence-electron chi connectivity index (χ2n) is 3.22. The number of hydrogen-bond donors (Lipinski definition) is 1. The van der Waals surface area contributed by atoms with Gasteiger partial charge in [0.2, 0.25) is 0 Å². The van der Waals surface area contributed by atoms with Crippen molar-refractivity contribution in [3.05, 3.63) is 33.8 Å². The van der Waals surface area contributed by atoms with Crippen LogP contribution in [0.3, 0.4) is 0 Å². The molecule has 0 aliphatic carbocycles. The van der Waals surface area contributed by atoms with Crippen LogP contribution in [0.1, 0.15) is 29.3 Å². The molecule has 0 fully saturated rings. The van der Waals surface area contributed by atoms with Gasteiger partial charge in [0, 0.05) is 17.3 Å². The Labute approximate surface area is 96.2 Å². The van der Waals surface area contributed by atoms with Crippen molar-refractivity contribution in [1.29, 1.82) is 0 Å². The number of carboxylic acids is 1. The van der Waals surface area contributed by atoms with Crippen molar-refractivity contribution >= 4 is 27.7 Å². The van der Waals surface area contributed by atoms with Crippen molar-refractivity contribution in [2.45, 2.75) is 19.8 Å². The number of Topliss-reactive ketones (excluding diaryl/α,β-unsaturated/α-hetero) is 1. The summed E-state index contributed by atoms with van der Waals surface area (Å²) in [6, 6.07) is 4.81. The number of hydrogen-bond acceptors (Lipinski definition) is 2. The molecule has 1 aromatic rings. The molecular weight excluding hydrogens is 260 g/mol. The first-order valence-electron chi connectivity index (χ1n) is 4.57. The first-order chi connectivity index (χ1) is 7.02. The third-order valence-electron chi connectivity index (χ3n) is 2.00. The molecule has 1 rings (SSSR count). The lowest BCUT2D eigenvalue weighted by Crippen LogP contribution is -2.03. The molecule has 0 aliphatic heterocycles. The molecule has 4 heteroatoms. The van der Waals surface area contributed by atoms with Gasteiger partial charge in [-0.2, -0.15) is 0 Å². The zero-order valence-corrected chi connectivity index (χ0v) is 9.87. The highest BCUT2D eigenvalue weighted by molar-refractivity contribution is 9.10. The van der Waals surface area contributed by atoms with Crippen LogP contribution in [0.4, 0.5) is 0 Å². The van der Waals surface area contributed by atoms with E-state index < -0.39 is 5.97 Å². The second-order valence-corrected chi connectivity index (χ2v) is 4.14. The maximum atomic E-state index is 11.2. The van der Waals surface area contributed by atoms with E-state index in [0.29, 0.717) is 10.9 Å². The van der Waals surface area contributed by atoms with Crippen LogP contribution >= 0.6 is 15.9 Å². The fourth-order valence-electron chi connectivity index (χ4n) is 1.23. The molecule has 0 atom stereocenters. The summed E-state index contributed by atoms with van der Waals surface area (Å²) >= 11 is 3.22. The highest BCUT2D eigenvalue weighted by Gasteiger charge is 2.08. The molecule has 0 radical (unpaired) electrons. The van der Waals surface area contributed by atoms with E-state index in [9.17, 15) is 9.59 Å². The number of ketones is 1. The van der Waals surface area contributed by atoms with Crippen molar-refractivity contribution in [3.63, 3.8) is 0 Å². The number of aromatic carboxylic acids is 1. The fraction of sp³-hybridized carbons (Fsp3) is 0.273. The molecule has 0 bridgehead atoms. The molecule has 0 aliphatic rings. The van der Waals surface area contributed by atoms with Crippen LogP contribution in [0.5, 0.6) is 0 Å². The predicted octanol–water partition coefficient (Wildman–Crippen LogP) is 2.67. The zero-order valence-electron chi connectivity index (χ0n) is 8.29. The third kappa shape index (κ3) is 3.47. The Morgan fingerprint density at radius 1 is 1.33 bits per heavy atom. The first kappa shape index (κ1) is 11.9. The van der Waals surface area contributed by atoms with Crippen molar-refractivity contribution in [2.75, 3.05) is 0 Å². The smallest absolute Gasteiger partial charge is 0.335 e. The van der Waals surface area contributed by atoms with Gasteiger partial charge in [0.05, 0.1) is 5.56 Å². The molecular formula is C11H11BrO3. The lowest BCUT2D eigenvalue weighted by atomic mass is 10.0. The number of carboxylic acid groups (broad SMARTS) is 1. The van der Waals surface area contributed by atoms with Gasteiger partial charge in [-0.05, 0) is 23.8 Å². The average molecular weight is 271 g/mol. The minimum Gasteiger partial charge on any atom is -0.478 e. The number of carbonyl (C=O) groups excluding carboxylic acids is 1. The standard InChI is InChI=1S/C11H11BrO3/c1-2-10(13)5-7-3-8(11(14)15)6-9(12)4-7/h3-4,6H,2,5H2,1H3,(H,14,15). The van der Waals surface area contributed by atoms with Gasteiger partial charge in [0.25, 0.3) is 0 Å². The summed E-state index contributed by atoms with van der Waals surface area (Å²) in [4.78, 5) is 22.0. The Morgan fingerprint density at radius 2 is 2.00 bits per heavy atom. The summed E-state index contributed by atoms with van der Waals surface area (Å²) in [5.41, 5.74) is 0.928. The van der Waals surface area contributed by atoms with Crippen LogP contribution < -0.4 is 0 Å². The molecule has 0 heterocycles. The second kappa shape index (κ2) is 5.07. The van der Waals surface area contributed by atoms with Crippen LogP contribution in [0, 0.1) is 0 Å². The largest absolute Gasteiger partial charge is 0.478 e. The molecule has 0 spiro atoms. The maximum absolute atomic E-state index is 11.2. The van der Waals surface area contributed by atoms with Gasteiger partial charge in [0.15, 0.2) is 0 Å². The molecule has 3 nitrogen and oxygen atoms in total. The minimum atomic E-state index is -0.985. The summed E-state index contributed by atoms with van der Waals surface area (Å²) in [5, 5.41) is 8.82. The Hall–Kier alpha value is -1.16. The summed E-state index contributed by atoms with van der Waals surface area (Å²) in [6.07, 6.45) is 0.755. The van der Waals surface area contributed by atoms with Gasteiger partial charge < -0.3 is 5.11 Å². The van der Waals surface area contributed by atoms with Crippen molar-refractivity contribution < 1.29 is 14.7 Å². The van der Waals surface area contributed by atoms with Crippen LogP contribution in [0.2, 0.25) is 0 Å². The van der Waals surface area contributed by atoms with E-state index in [1.165, 1.54) is 12.1 Å². The van der Waals surface area contributed by atoms with Gasteiger partial charge in [-0.15, -0.1) is 0 Å². The molecule has 0 aromatic heterocycles. The lowest BCUT2D eigenvalue weighted by Gasteiger charge is -2.02. The Balaban J connectivity index is 2.98. The highest BCUT2D eigenvalue weighted by Crippen LogP contribution is 2.17. The Bertz CT molecular complexity index is 399. The predicted molar refractivity (Wildman–Crippen MR) is 60.1 cm³/mol. The molecule has 1 aromatic carbocycles. The van der Waals surface area contributed by atoms with Gasteiger partial charge in [0.1, 0.15) is 5.78 Å². The molecule has 0 saturated carbocycles. The molecule has 1 N–H and O–H groups in total. The SMILES string of the molecule is CCC(=O)Cc1cc(Br)cc(C(=O)O)c1. The third-order valence-corrected chi connectivity index (χ3v) is 2.46. The van der Waals surface area contributed by atoms with Crippen LogP contribution in [0.15, 0.2) is 22.7 Å². The highest BCUT2D eigenvalue weighted by atomic mass is 79.9. The van der Waals surface area contributed by atoms with E-state index >= 15 is 0 Å². The number of rotatable bonds is 4. The van der Waals surface area contributed by atoms with Crippen molar-refractivity contribution in [2.24, 2.45) is 0 Å². The minimum absolute atomic E-state index is 0.101. The molecule has 80 valence electrons. The monoisotopic (exact) mass is 270 g/mol. The average Bonchev–Trinajstić information content (AvgIpc) is 2.16. The number of carbonyl (C=O) groups is 2. The molecule has 0 saturated heterocycles. The molecule has 15 heavy (non-hydrogen) atoms. The maximum Gasteiger partial charge on any atom is 0.335 e. The topological polar surface area (TPSA) is 54.4 Å². The van der Waals surface area contributed by atoms with E-state index in [2.05, 4.69) is 15.9 Å². The Morgan fingerprint density at radius 3 is 2.53 bits per heavy atom. The van der Waals surface area contributed by atoms with Crippen LogP contribution in [0.25, 0.3) is 0 Å². The van der Waals surface area contributed by atoms with Gasteiger partial charge in [-0.1, -0.05) is 22.9 Å². The van der Waals surface area contributed by atoms with Gasteiger partial charge >= 0.3 is 5.97 Å². The summed E-state index contributed by atoms with van der Waals surface area (Å²) in [7, 11) is 0. The van der Waals surface area contributed by atoms with E-state index in [4.69, 9.17) is 5.11 Å². The Kier molecular flexibility index (Phi) is 4.03. The first-order valence-corrected chi connectivity index (χ1v) is 5.36. The van der Waals surface area contributed by atoms with Gasteiger partial charge in [-0.3, -0.25) is 4.79 Å². The fourth-order valence-corrected chi connectivity index (χ4v) is 1.77. The van der Waals surface area contributed by atoms with E-state index in [1.807, 2.05) is 0 Å². The molecule has 0 unspecified atom stereocenters. The van der Waals surface area contributed by atoms with E-state index in [-0.39, 0.29) is 17.8 Å². The van der Waals surface area contributed by atoms with Crippen molar-refractivity contribution in [1.82, 2.24) is 0 Å². The van der Waals surface area contributed by atoms with E-state index in [0.717, 1.165) is 5.56 Å². The van der Waals surface area contributed by atoms with Crippen molar-refractivity contribution in [3.8, 4) is 0 Å².